The Morgan fingerprint density at radius 2 is 1.97 bits per heavy atom. The topological polar surface area (TPSA) is 93.5 Å². The Labute approximate surface area is 175 Å². The summed E-state index contributed by atoms with van der Waals surface area (Å²) in [4.78, 5) is 16.7. The lowest BCUT2D eigenvalue weighted by Crippen LogP contribution is -2.50. The Kier molecular flexibility index (Phi) is 5.45. The highest BCUT2D eigenvalue weighted by Gasteiger charge is 2.35. The lowest BCUT2D eigenvalue weighted by molar-refractivity contribution is -0.127. The average molecular weight is 426 g/mol. The number of nitrogens with one attached hydrogen (secondary N) is 1. The molecule has 0 bridgehead atoms. The second-order valence-corrected chi connectivity index (χ2v) is 9.04. The van der Waals surface area contributed by atoms with Crippen molar-refractivity contribution >= 4 is 21.6 Å². The predicted molar refractivity (Wildman–Crippen MR) is 113 cm³/mol. The number of benzene rings is 2. The van der Waals surface area contributed by atoms with Gasteiger partial charge in [0.05, 0.1) is 24.3 Å². The zero-order chi connectivity index (χ0) is 21.1. The normalized spacial score (nSPS) is 15.9. The van der Waals surface area contributed by atoms with Crippen LogP contribution in [0.1, 0.15) is 12.5 Å². The number of imidazole rings is 1. The number of sulfonamides is 1. The van der Waals surface area contributed by atoms with Crippen LogP contribution in [0.3, 0.4) is 0 Å². The van der Waals surface area contributed by atoms with E-state index in [-0.39, 0.29) is 18.2 Å². The molecule has 3 aromatic rings. The van der Waals surface area contributed by atoms with Gasteiger partial charge in [0.2, 0.25) is 10.0 Å². The molecule has 0 saturated heterocycles. The van der Waals surface area contributed by atoms with Crippen LogP contribution in [0, 0.1) is 0 Å². The fourth-order valence-corrected chi connectivity index (χ4v) is 4.38. The number of amides is 1. The Hall–Kier alpha value is -3.33. The quantitative estimate of drug-likeness (QED) is 0.652. The van der Waals surface area contributed by atoms with Crippen LogP contribution in [-0.2, 0) is 21.4 Å². The maximum atomic E-state index is 12.7. The molecule has 8 nitrogen and oxygen atoms in total. The zero-order valence-electron chi connectivity index (χ0n) is 16.4. The molecule has 1 aromatic heterocycles. The molecule has 2 aromatic carbocycles. The summed E-state index contributed by atoms with van der Waals surface area (Å²) in [6.07, 6.45) is 4.35. The molecule has 0 saturated carbocycles. The first-order chi connectivity index (χ1) is 14.5. The van der Waals surface area contributed by atoms with E-state index in [9.17, 15) is 13.2 Å². The molecule has 0 spiro atoms. The number of hydrogen-bond acceptors (Lipinski definition) is 5. The number of carbonyl (C=O) groups excluding carboxylic acids is 1. The number of aromatic nitrogens is 2. The van der Waals surface area contributed by atoms with Crippen molar-refractivity contribution in [3.8, 4) is 11.4 Å². The highest BCUT2D eigenvalue weighted by Crippen LogP contribution is 2.35. The van der Waals surface area contributed by atoms with E-state index in [0.29, 0.717) is 18.0 Å². The predicted octanol–water partition coefficient (Wildman–Crippen LogP) is 2.11. The smallest absolute Gasteiger partial charge is 0.263 e. The molecule has 1 aliphatic rings. The van der Waals surface area contributed by atoms with Gasteiger partial charge in [0.15, 0.2) is 6.10 Å². The molecule has 4 rings (SSSR count). The van der Waals surface area contributed by atoms with Crippen molar-refractivity contribution in [2.24, 2.45) is 0 Å². The van der Waals surface area contributed by atoms with Gasteiger partial charge in [0.1, 0.15) is 5.75 Å². The third-order valence-corrected chi connectivity index (χ3v) is 6.68. The summed E-state index contributed by atoms with van der Waals surface area (Å²) < 4.78 is 34.0. The minimum absolute atomic E-state index is 0.0566. The van der Waals surface area contributed by atoms with Gasteiger partial charge in [0.25, 0.3) is 5.91 Å². The van der Waals surface area contributed by atoms with E-state index in [0.717, 1.165) is 11.3 Å². The van der Waals surface area contributed by atoms with E-state index in [2.05, 4.69) is 10.3 Å². The van der Waals surface area contributed by atoms with E-state index in [1.54, 1.807) is 43.7 Å². The standard InChI is InChI=1S/C21H22N4O4S/c1-2-30(27,28)25-14-20(29-19-6-4-3-5-18(19)25)21(26)23-13-16-7-9-17(10-8-16)24-12-11-22-15-24/h3-12,15,20H,2,13-14H2,1H3,(H,23,26)/t20-/m1/s1. The van der Waals surface area contributed by atoms with E-state index in [4.69, 9.17) is 4.74 Å². The molecule has 2 heterocycles. The molecular formula is C21H22N4O4S. The lowest BCUT2D eigenvalue weighted by Gasteiger charge is -2.34. The molecule has 0 radical (unpaired) electrons. The first kappa shape index (κ1) is 20.0. The lowest BCUT2D eigenvalue weighted by atomic mass is 10.2. The highest BCUT2D eigenvalue weighted by molar-refractivity contribution is 7.92. The van der Waals surface area contributed by atoms with Crippen LogP contribution in [0.5, 0.6) is 5.75 Å². The molecule has 1 aliphatic heterocycles. The Morgan fingerprint density at radius 1 is 1.20 bits per heavy atom. The molecule has 1 atom stereocenters. The van der Waals surface area contributed by atoms with E-state index in [1.165, 1.54) is 4.31 Å². The van der Waals surface area contributed by atoms with Crippen molar-refractivity contribution < 1.29 is 17.9 Å². The Balaban J connectivity index is 1.45. The molecule has 0 unspecified atom stereocenters. The van der Waals surface area contributed by atoms with Crippen LogP contribution in [0.2, 0.25) is 0 Å². The van der Waals surface area contributed by atoms with Crippen LogP contribution < -0.4 is 14.4 Å². The van der Waals surface area contributed by atoms with Crippen molar-refractivity contribution in [3.63, 3.8) is 0 Å². The van der Waals surface area contributed by atoms with E-state index in [1.807, 2.05) is 35.0 Å². The summed E-state index contributed by atoms with van der Waals surface area (Å²) in [6.45, 7) is 1.83. The molecule has 30 heavy (non-hydrogen) atoms. The maximum absolute atomic E-state index is 12.7. The van der Waals surface area contributed by atoms with Crippen molar-refractivity contribution in [3.05, 3.63) is 72.8 Å². The molecule has 0 fully saturated rings. The number of rotatable bonds is 6. The summed E-state index contributed by atoms with van der Waals surface area (Å²) in [7, 11) is -3.53. The van der Waals surface area contributed by atoms with Gasteiger partial charge in [-0.3, -0.25) is 9.10 Å². The fourth-order valence-electron chi connectivity index (χ4n) is 3.26. The fraction of sp³-hybridized carbons (Fsp3) is 0.238. The van der Waals surface area contributed by atoms with E-state index < -0.39 is 16.1 Å². The first-order valence-electron chi connectivity index (χ1n) is 9.59. The first-order valence-corrected chi connectivity index (χ1v) is 11.2. The number of para-hydroxylation sites is 2. The van der Waals surface area contributed by atoms with Gasteiger partial charge in [-0.2, -0.15) is 0 Å². The van der Waals surface area contributed by atoms with Crippen molar-refractivity contribution in [2.45, 2.75) is 19.6 Å². The average Bonchev–Trinajstić information content (AvgIpc) is 3.32. The van der Waals surface area contributed by atoms with Gasteiger partial charge >= 0.3 is 0 Å². The number of carbonyl (C=O) groups is 1. The molecule has 1 N–H and O–H groups in total. The molecule has 156 valence electrons. The maximum Gasteiger partial charge on any atom is 0.263 e. The monoisotopic (exact) mass is 426 g/mol. The number of anilines is 1. The van der Waals surface area contributed by atoms with Gasteiger partial charge in [-0.25, -0.2) is 13.4 Å². The van der Waals surface area contributed by atoms with Crippen molar-refractivity contribution in [1.82, 2.24) is 14.9 Å². The Bertz CT molecular complexity index is 1130. The van der Waals surface area contributed by atoms with Crippen LogP contribution in [0.15, 0.2) is 67.3 Å². The third-order valence-electron chi connectivity index (χ3n) is 4.93. The molecular weight excluding hydrogens is 404 g/mol. The van der Waals surface area contributed by atoms with Gasteiger partial charge in [0, 0.05) is 24.6 Å². The van der Waals surface area contributed by atoms with Gasteiger partial charge in [-0.1, -0.05) is 24.3 Å². The minimum Gasteiger partial charge on any atom is -0.476 e. The minimum atomic E-state index is -3.53. The summed E-state index contributed by atoms with van der Waals surface area (Å²) in [5.41, 5.74) is 2.34. The number of ether oxygens (including phenoxy) is 1. The SMILES string of the molecule is CCS(=O)(=O)N1C[C@H](C(=O)NCc2ccc(-n3ccnc3)cc2)Oc2ccccc21. The van der Waals surface area contributed by atoms with Crippen molar-refractivity contribution in [2.75, 3.05) is 16.6 Å². The largest absolute Gasteiger partial charge is 0.476 e. The van der Waals surface area contributed by atoms with E-state index >= 15 is 0 Å². The zero-order valence-corrected chi connectivity index (χ0v) is 17.2. The van der Waals surface area contributed by atoms with Crippen LogP contribution in [0.25, 0.3) is 5.69 Å². The van der Waals surface area contributed by atoms with Crippen LogP contribution >= 0.6 is 0 Å². The molecule has 0 aliphatic carbocycles. The number of fused-ring (bicyclic) bond motifs is 1. The molecule has 9 heteroatoms. The van der Waals surface area contributed by atoms with Gasteiger partial charge in [-0.15, -0.1) is 0 Å². The molecule has 1 amide bonds. The second-order valence-electron chi connectivity index (χ2n) is 6.86. The Morgan fingerprint density at radius 3 is 2.67 bits per heavy atom. The van der Waals surface area contributed by atoms with Gasteiger partial charge in [-0.05, 0) is 36.8 Å². The summed E-state index contributed by atoms with van der Waals surface area (Å²) in [5.74, 6) is -0.0380. The highest BCUT2D eigenvalue weighted by atomic mass is 32.2. The summed E-state index contributed by atoms with van der Waals surface area (Å²) in [6, 6.07) is 14.5. The van der Waals surface area contributed by atoms with Crippen LogP contribution in [0.4, 0.5) is 5.69 Å². The second kappa shape index (κ2) is 8.19. The summed E-state index contributed by atoms with van der Waals surface area (Å²) >= 11 is 0. The number of hydrogen-bond donors (Lipinski definition) is 1. The summed E-state index contributed by atoms with van der Waals surface area (Å²) in [5, 5.41) is 2.84. The van der Waals surface area contributed by atoms with Crippen LogP contribution in [-0.4, -0.2) is 42.3 Å². The van der Waals surface area contributed by atoms with Gasteiger partial charge < -0.3 is 14.6 Å². The van der Waals surface area contributed by atoms with Crippen molar-refractivity contribution in [1.29, 1.82) is 0 Å². The third kappa shape index (κ3) is 4.02. The number of nitrogens with zero attached hydrogens (tertiary/aromatic N) is 3.